The first-order chi connectivity index (χ1) is 9.06. The third kappa shape index (κ3) is 2.06. The van der Waals surface area contributed by atoms with Crippen molar-refractivity contribution in [2.75, 3.05) is 0 Å². The smallest absolute Gasteiger partial charge is 0.234 e. The van der Waals surface area contributed by atoms with E-state index in [0.29, 0.717) is 5.02 Å². The summed E-state index contributed by atoms with van der Waals surface area (Å²) in [6.07, 6.45) is 0. The first-order valence-electron chi connectivity index (χ1n) is 5.77. The zero-order valence-corrected chi connectivity index (χ0v) is 11.9. The van der Waals surface area contributed by atoms with Crippen molar-refractivity contribution in [3.63, 3.8) is 0 Å². The first-order valence-corrected chi connectivity index (χ1v) is 6.96. The molecule has 0 bridgehead atoms. The monoisotopic (exact) mass is 294 g/mol. The molecule has 0 spiro atoms. The molecule has 0 aliphatic heterocycles. The van der Waals surface area contributed by atoms with Crippen LogP contribution in [0.3, 0.4) is 0 Å². The quantitative estimate of drug-likeness (QED) is 0.787. The number of halogens is 1. The van der Waals surface area contributed by atoms with E-state index in [-0.39, 0.29) is 11.7 Å². The predicted molar refractivity (Wildman–Crippen MR) is 74.9 cm³/mol. The van der Waals surface area contributed by atoms with Gasteiger partial charge in [-0.05, 0) is 18.2 Å². The summed E-state index contributed by atoms with van der Waals surface area (Å²) in [4.78, 5) is 0.753. The SMILES string of the molecule is CC(C)c1nnc2sc(-c3ccc(O)c(Cl)c3)nn12. The summed E-state index contributed by atoms with van der Waals surface area (Å²) in [6, 6.07) is 5.03. The van der Waals surface area contributed by atoms with Crippen LogP contribution < -0.4 is 0 Å². The molecule has 19 heavy (non-hydrogen) atoms. The number of rotatable bonds is 2. The van der Waals surface area contributed by atoms with Gasteiger partial charge in [-0.3, -0.25) is 0 Å². The van der Waals surface area contributed by atoms with Crippen molar-refractivity contribution < 1.29 is 5.11 Å². The van der Waals surface area contributed by atoms with Crippen LogP contribution in [0.15, 0.2) is 18.2 Å². The number of benzene rings is 1. The van der Waals surface area contributed by atoms with Crippen LogP contribution in [0.4, 0.5) is 0 Å². The minimum Gasteiger partial charge on any atom is -0.506 e. The second kappa shape index (κ2) is 4.47. The Balaban J connectivity index is 2.12. The maximum atomic E-state index is 9.43. The molecule has 5 nitrogen and oxygen atoms in total. The fourth-order valence-corrected chi connectivity index (χ4v) is 2.77. The van der Waals surface area contributed by atoms with Crippen LogP contribution in [-0.2, 0) is 0 Å². The number of fused-ring (bicyclic) bond motifs is 1. The van der Waals surface area contributed by atoms with Gasteiger partial charge in [-0.25, -0.2) is 0 Å². The van der Waals surface area contributed by atoms with E-state index in [1.807, 2.05) is 13.8 Å². The van der Waals surface area contributed by atoms with Crippen LogP contribution in [0.2, 0.25) is 5.02 Å². The lowest BCUT2D eigenvalue weighted by atomic mass is 10.2. The predicted octanol–water partition coefficient (Wildman–Crippen LogP) is 3.34. The Morgan fingerprint density at radius 1 is 1.32 bits per heavy atom. The Morgan fingerprint density at radius 3 is 2.79 bits per heavy atom. The molecule has 0 aliphatic carbocycles. The van der Waals surface area contributed by atoms with Gasteiger partial charge in [0.1, 0.15) is 10.8 Å². The maximum Gasteiger partial charge on any atom is 0.234 e. The van der Waals surface area contributed by atoms with Crippen LogP contribution in [0.5, 0.6) is 5.75 Å². The summed E-state index contributed by atoms with van der Waals surface area (Å²) in [5.41, 5.74) is 0.855. The standard InChI is InChI=1S/C12H11ClN4OS/c1-6(2)10-14-15-12-17(10)16-11(19-12)7-3-4-9(18)8(13)5-7/h3-6,18H,1-2H3. The highest BCUT2D eigenvalue weighted by Crippen LogP contribution is 2.32. The molecule has 2 aromatic heterocycles. The summed E-state index contributed by atoms with van der Waals surface area (Å²) >= 11 is 7.35. The molecular weight excluding hydrogens is 284 g/mol. The van der Waals surface area contributed by atoms with Gasteiger partial charge in [-0.2, -0.15) is 9.61 Å². The van der Waals surface area contributed by atoms with Crippen molar-refractivity contribution in [2.24, 2.45) is 0 Å². The molecule has 0 atom stereocenters. The van der Waals surface area contributed by atoms with Gasteiger partial charge in [-0.15, -0.1) is 10.2 Å². The number of aromatic nitrogens is 4. The van der Waals surface area contributed by atoms with Crippen LogP contribution in [0, 0.1) is 0 Å². The van der Waals surface area contributed by atoms with E-state index in [4.69, 9.17) is 11.6 Å². The van der Waals surface area contributed by atoms with E-state index in [1.165, 1.54) is 11.3 Å². The minimum absolute atomic E-state index is 0.0660. The van der Waals surface area contributed by atoms with Gasteiger partial charge >= 0.3 is 0 Å². The largest absolute Gasteiger partial charge is 0.506 e. The first kappa shape index (κ1) is 12.4. The summed E-state index contributed by atoms with van der Waals surface area (Å²) in [6.45, 7) is 4.10. The van der Waals surface area contributed by atoms with E-state index in [0.717, 1.165) is 21.4 Å². The maximum absolute atomic E-state index is 9.43. The van der Waals surface area contributed by atoms with Crippen molar-refractivity contribution in [1.29, 1.82) is 0 Å². The van der Waals surface area contributed by atoms with Gasteiger partial charge in [0.15, 0.2) is 5.82 Å². The summed E-state index contributed by atoms with van der Waals surface area (Å²) in [7, 11) is 0. The van der Waals surface area contributed by atoms with Gasteiger partial charge in [0.2, 0.25) is 4.96 Å². The zero-order chi connectivity index (χ0) is 13.6. The molecule has 0 unspecified atom stereocenters. The minimum atomic E-state index is 0.0660. The fraction of sp³-hybridized carbons (Fsp3) is 0.250. The molecule has 0 saturated heterocycles. The molecule has 98 valence electrons. The normalized spacial score (nSPS) is 11.6. The summed E-state index contributed by atoms with van der Waals surface area (Å²) in [5.74, 6) is 1.16. The molecule has 2 heterocycles. The Hall–Kier alpha value is -1.66. The summed E-state index contributed by atoms with van der Waals surface area (Å²) in [5, 5.41) is 23.3. The van der Waals surface area contributed by atoms with Crippen LogP contribution in [0.1, 0.15) is 25.6 Å². The lowest BCUT2D eigenvalue weighted by Crippen LogP contribution is -1.97. The van der Waals surface area contributed by atoms with Crippen molar-refractivity contribution in [3.8, 4) is 16.3 Å². The molecule has 3 aromatic rings. The molecule has 1 N–H and O–H groups in total. The number of hydrogen-bond acceptors (Lipinski definition) is 5. The number of nitrogens with zero attached hydrogens (tertiary/aromatic N) is 4. The third-order valence-corrected chi connectivity index (χ3v) is 3.98. The highest BCUT2D eigenvalue weighted by molar-refractivity contribution is 7.19. The molecule has 3 rings (SSSR count). The van der Waals surface area contributed by atoms with E-state index >= 15 is 0 Å². The Morgan fingerprint density at radius 2 is 2.11 bits per heavy atom. The average molecular weight is 295 g/mol. The van der Waals surface area contributed by atoms with Gasteiger partial charge in [0.05, 0.1) is 5.02 Å². The van der Waals surface area contributed by atoms with Crippen LogP contribution >= 0.6 is 22.9 Å². The second-order valence-corrected chi connectivity index (χ2v) is 5.84. The molecule has 7 heteroatoms. The van der Waals surface area contributed by atoms with E-state index < -0.39 is 0 Å². The molecule has 0 amide bonds. The number of aromatic hydroxyl groups is 1. The molecule has 0 saturated carbocycles. The van der Waals surface area contributed by atoms with Crippen LogP contribution in [0.25, 0.3) is 15.5 Å². The second-order valence-electron chi connectivity index (χ2n) is 4.48. The lowest BCUT2D eigenvalue weighted by molar-refractivity contribution is 0.475. The average Bonchev–Trinajstić information content (AvgIpc) is 2.91. The van der Waals surface area contributed by atoms with E-state index in [1.54, 1.807) is 22.7 Å². The molecule has 0 fully saturated rings. The lowest BCUT2D eigenvalue weighted by Gasteiger charge is -2.00. The van der Waals surface area contributed by atoms with E-state index in [2.05, 4.69) is 15.3 Å². The van der Waals surface area contributed by atoms with Crippen molar-refractivity contribution in [3.05, 3.63) is 29.0 Å². The number of hydrogen-bond donors (Lipinski definition) is 1. The molecule has 0 aliphatic rings. The Labute approximate surface area is 118 Å². The number of phenolic OH excluding ortho intramolecular Hbond substituents is 1. The fourth-order valence-electron chi connectivity index (χ4n) is 1.75. The molecular formula is C12H11ClN4OS. The van der Waals surface area contributed by atoms with Crippen LogP contribution in [-0.4, -0.2) is 24.9 Å². The van der Waals surface area contributed by atoms with Gasteiger partial charge in [0.25, 0.3) is 0 Å². The van der Waals surface area contributed by atoms with Crippen molar-refractivity contribution in [2.45, 2.75) is 19.8 Å². The Kier molecular flexibility index (Phi) is 2.91. The molecule has 1 aromatic carbocycles. The van der Waals surface area contributed by atoms with Gasteiger partial charge in [-0.1, -0.05) is 36.8 Å². The zero-order valence-electron chi connectivity index (χ0n) is 10.3. The van der Waals surface area contributed by atoms with E-state index in [9.17, 15) is 5.11 Å². The number of phenols is 1. The van der Waals surface area contributed by atoms with Crippen molar-refractivity contribution in [1.82, 2.24) is 19.8 Å². The van der Waals surface area contributed by atoms with Crippen molar-refractivity contribution >= 4 is 27.9 Å². The van der Waals surface area contributed by atoms with Gasteiger partial charge in [0, 0.05) is 11.5 Å². The van der Waals surface area contributed by atoms with Gasteiger partial charge < -0.3 is 5.11 Å². The highest BCUT2D eigenvalue weighted by atomic mass is 35.5. The highest BCUT2D eigenvalue weighted by Gasteiger charge is 2.15. The molecule has 0 radical (unpaired) electrons. The Bertz CT molecular complexity index is 749. The topological polar surface area (TPSA) is 63.3 Å². The third-order valence-electron chi connectivity index (χ3n) is 2.73. The summed E-state index contributed by atoms with van der Waals surface area (Å²) < 4.78 is 1.76.